The van der Waals surface area contributed by atoms with Crippen LogP contribution < -0.4 is 10.6 Å². The molecule has 1 aliphatic carbocycles. The molecule has 4 nitrogen and oxygen atoms in total. The lowest BCUT2D eigenvalue weighted by molar-refractivity contribution is 0.0927. The molecule has 0 spiro atoms. The highest BCUT2D eigenvalue weighted by Gasteiger charge is 2.16. The van der Waals surface area contributed by atoms with Gasteiger partial charge in [0.1, 0.15) is 5.82 Å². The number of hydrogen-bond donors (Lipinski definition) is 2. The maximum Gasteiger partial charge on any atom is 0.251 e. The van der Waals surface area contributed by atoms with Crippen molar-refractivity contribution in [2.45, 2.75) is 51.1 Å². The van der Waals surface area contributed by atoms with Gasteiger partial charge >= 0.3 is 0 Å². The number of carbonyl (C=O) groups excluding carboxylic acids is 2. The lowest BCUT2D eigenvalue weighted by Crippen LogP contribution is -2.34. The molecule has 0 bridgehead atoms. The van der Waals surface area contributed by atoms with Gasteiger partial charge in [-0.1, -0.05) is 37.8 Å². The fraction of sp³-hybridized carbons (Fsp3) is 0.364. The minimum atomic E-state index is -0.303. The smallest absolute Gasteiger partial charge is 0.251 e. The third-order valence-corrected chi connectivity index (χ3v) is 4.97. The van der Waals surface area contributed by atoms with E-state index in [-0.39, 0.29) is 23.7 Å². The van der Waals surface area contributed by atoms with Crippen LogP contribution in [0.5, 0.6) is 0 Å². The van der Waals surface area contributed by atoms with E-state index in [0.29, 0.717) is 17.7 Å². The maximum atomic E-state index is 12.9. The molecule has 2 N–H and O–H groups in total. The van der Waals surface area contributed by atoms with Crippen LogP contribution in [0.15, 0.2) is 48.5 Å². The van der Waals surface area contributed by atoms with E-state index in [1.807, 2.05) is 0 Å². The van der Waals surface area contributed by atoms with Crippen molar-refractivity contribution in [3.8, 4) is 0 Å². The van der Waals surface area contributed by atoms with Crippen LogP contribution in [0.3, 0.4) is 0 Å². The molecular weight excluding hydrogens is 343 g/mol. The molecule has 1 aliphatic rings. The molecule has 0 unspecified atom stereocenters. The van der Waals surface area contributed by atoms with Crippen molar-refractivity contribution < 1.29 is 14.0 Å². The minimum Gasteiger partial charge on any atom is -0.349 e. The Morgan fingerprint density at radius 1 is 0.815 bits per heavy atom. The first-order valence-corrected chi connectivity index (χ1v) is 9.55. The highest BCUT2D eigenvalue weighted by atomic mass is 19.1. The first kappa shape index (κ1) is 19.1. The molecule has 0 radical (unpaired) electrons. The average molecular weight is 368 g/mol. The summed E-state index contributed by atoms with van der Waals surface area (Å²) >= 11 is 0. The Balaban J connectivity index is 1.53. The van der Waals surface area contributed by atoms with Crippen molar-refractivity contribution in [1.82, 2.24) is 10.6 Å². The Morgan fingerprint density at radius 2 is 1.37 bits per heavy atom. The standard InChI is InChI=1S/C22H25FN2O2/c23-19-13-7-16(8-14-19)15-24-21(26)17-9-11-18(12-10-17)22(27)25-20-5-3-1-2-4-6-20/h7-14,20H,1-6,15H2,(H,24,26)(H,25,27). The number of rotatable bonds is 5. The summed E-state index contributed by atoms with van der Waals surface area (Å²) in [6.45, 7) is 0.322. The number of amides is 2. The van der Waals surface area contributed by atoms with Gasteiger partial charge in [-0.05, 0) is 54.8 Å². The average Bonchev–Trinajstić information content (AvgIpc) is 2.96. The summed E-state index contributed by atoms with van der Waals surface area (Å²) in [5, 5.41) is 5.90. The summed E-state index contributed by atoms with van der Waals surface area (Å²) in [6, 6.07) is 12.9. The molecule has 0 heterocycles. The predicted octanol–water partition coefficient (Wildman–Crippen LogP) is 4.21. The van der Waals surface area contributed by atoms with E-state index in [1.165, 1.54) is 25.0 Å². The zero-order chi connectivity index (χ0) is 19.1. The second-order valence-corrected chi connectivity index (χ2v) is 7.05. The molecule has 0 aromatic heterocycles. The first-order chi connectivity index (χ1) is 13.1. The third kappa shape index (κ3) is 5.64. The quantitative estimate of drug-likeness (QED) is 0.777. The highest BCUT2D eigenvalue weighted by molar-refractivity contribution is 5.97. The second-order valence-electron chi connectivity index (χ2n) is 7.05. The fourth-order valence-corrected chi connectivity index (χ4v) is 3.35. The molecule has 142 valence electrons. The van der Waals surface area contributed by atoms with Gasteiger partial charge in [0.05, 0.1) is 0 Å². The van der Waals surface area contributed by atoms with Gasteiger partial charge in [0.25, 0.3) is 11.8 Å². The van der Waals surface area contributed by atoms with Crippen molar-refractivity contribution in [3.05, 3.63) is 71.0 Å². The monoisotopic (exact) mass is 368 g/mol. The van der Waals surface area contributed by atoms with Crippen molar-refractivity contribution in [2.24, 2.45) is 0 Å². The summed E-state index contributed by atoms with van der Waals surface area (Å²) in [5.74, 6) is -0.613. The van der Waals surface area contributed by atoms with Gasteiger partial charge in [-0.25, -0.2) is 4.39 Å². The van der Waals surface area contributed by atoms with Gasteiger partial charge in [0.15, 0.2) is 0 Å². The minimum absolute atomic E-state index is 0.0832. The fourth-order valence-electron chi connectivity index (χ4n) is 3.35. The zero-order valence-electron chi connectivity index (χ0n) is 15.3. The van der Waals surface area contributed by atoms with Crippen LogP contribution in [0.2, 0.25) is 0 Å². The van der Waals surface area contributed by atoms with Gasteiger partial charge in [-0.15, -0.1) is 0 Å². The van der Waals surface area contributed by atoms with Crippen molar-refractivity contribution >= 4 is 11.8 Å². The number of hydrogen-bond acceptors (Lipinski definition) is 2. The molecule has 5 heteroatoms. The van der Waals surface area contributed by atoms with Gasteiger partial charge < -0.3 is 10.6 Å². The maximum absolute atomic E-state index is 12.9. The van der Waals surface area contributed by atoms with Gasteiger partial charge in [-0.2, -0.15) is 0 Å². The molecule has 0 atom stereocenters. The van der Waals surface area contributed by atoms with Crippen LogP contribution in [0.25, 0.3) is 0 Å². The van der Waals surface area contributed by atoms with E-state index in [4.69, 9.17) is 0 Å². The molecule has 2 amide bonds. The summed E-state index contributed by atoms with van der Waals surface area (Å²) in [5.41, 5.74) is 1.88. The highest BCUT2D eigenvalue weighted by Crippen LogP contribution is 2.17. The molecule has 2 aromatic carbocycles. The Kier molecular flexibility index (Phi) is 6.58. The lowest BCUT2D eigenvalue weighted by atomic mass is 10.1. The molecule has 0 saturated heterocycles. The van der Waals surface area contributed by atoms with Crippen LogP contribution >= 0.6 is 0 Å². The SMILES string of the molecule is O=C(NCc1ccc(F)cc1)c1ccc(C(=O)NC2CCCCCC2)cc1. The number of nitrogens with one attached hydrogen (secondary N) is 2. The third-order valence-electron chi connectivity index (χ3n) is 4.97. The van der Waals surface area contributed by atoms with Gasteiger partial charge in [0, 0.05) is 23.7 Å². The van der Waals surface area contributed by atoms with Crippen molar-refractivity contribution in [3.63, 3.8) is 0 Å². The molecule has 1 saturated carbocycles. The van der Waals surface area contributed by atoms with E-state index in [0.717, 1.165) is 31.2 Å². The summed E-state index contributed by atoms with van der Waals surface area (Å²) in [4.78, 5) is 24.6. The van der Waals surface area contributed by atoms with Crippen LogP contribution in [-0.2, 0) is 6.54 Å². The van der Waals surface area contributed by atoms with E-state index in [1.54, 1.807) is 36.4 Å². The molecule has 0 aliphatic heterocycles. The van der Waals surface area contributed by atoms with Crippen LogP contribution in [-0.4, -0.2) is 17.9 Å². The Morgan fingerprint density at radius 3 is 1.96 bits per heavy atom. The van der Waals surface area contributed by atoms with E-state index < -0.39 is 0 Å². The van der Waals surface area contributed by atoms with Crippen LogP contribution in [0.1, 0.15) is 64.8 Å². The Hall–Kier alpha value is -2.69. The number of carbonyl (C=O) groups is 2. The Labute approximate surface area is 159 Å². The molecular formula is C22H25FN2O2. The van der Waals surface area contributed by atoms with E-state index in [9.17, 15) is 14.0 Å². The first-order valence-electron chi connectivity index (χ1n) is 9.55. The molecule has 27 heavy (non-hydrogen) atoms. The molecule has 2 aromatic rings. The zero-order valence-corrected chi connectivity index (χ0v) is 15.3. The van der Waals surface area contributed by atoms with Crippen LogP contribution in [0, 0.1) is 5.82 Å². The van der Waals surface area contributed by atoms with E-state index in [2.05, 4.69) is 10.6 Å². The van der Waals surface area contributed by atoms with E-state index >= 15 is 0 Å². The summed E-state index contributed by atoms with van der Waals surface area (Å²) < 4.78 is 12.9. The summed E-state index contributed by atoms with van der Waals surface area (Å²) in [6.07, 6.45) is 6.89. The predicted molar refractivity (Wildman–Crippen MR) is 103 cm³/mol. The van der Waals surface area contributed by atoms with Crippen molar-refractivity contribution in [1.29, 1.82) is 0 Å². The molecule has 3 rings (SSSR count). The lowest BCUT2D eigenvalue weighted by Gasteiger charge is -2.16. The van der Waals surface area contributed by atoms with Gasteiger partial charge in [0.2, 0.25) is 0 Å². The van der Waals surface area contributed by atoms with Crippen molar-refractivity contribution in [2.75, 3.05) is 0 Å². The normalized spacial score (nSPS) is 15.0. The topological polar surface area (TPSA) is 58.2 Å². The largest absolute Gasteiger partial charge is 0.349 e. The number of halogens is 1. The summed E-state index contributed by atoms with van der Waals surface area (Å²) in [7, 11) is 0. The van der Waals surface area contributed by atoms with Crippen LogP contribution in [0.4, 0.5) is 4.39 Å². The molecule has 1 fully saturated rings. The Bertz CT molecular complexity index is 764. The second kappa shape index (κ2) is 9.31. The van der Waals surface area contributed by atoms with Gasteiger partial charge in [-0.3, -0.25) is 9.59 Å². The number of benzene rings is 2.